The van der Waals surface area contributed by atoms with Crippen molar-refractivity contribution >= 4 is 83.3 Å². The molecule has 0 amide bonds. The van der Waals surface area contributed by atoms with Gasteiger partial charge in [0.25, 0.3) is 0 Å². The number of aromatic hydroxyl groups is 1. The van der Waals surface area contributed by atoms with Crippen molar-refractivity contribution in [3.05, 3.63) is 129 Å². The van der Waals surface area contributed by atoms with E-state index in [1.807, 2.05) is 92.1 Å². The molecule has 7 aromatic rings. The maximum Gasteiger partial charge on any atom is 0.119 e. The van der Waals surface area contributed by atoms with Gasteiger partial charge in [-0.1, -0.05) is 37.9 Å². The summed E-state index contributed by atoms with van der Waals surface area (Å²) in [6, 6.07) is 29.0. The predicted octanol–water partition coefficient (Wildman–Crippen LogP) is 10.1. The minimum absolute atomic E-state index is 0. The fourth-order valence-electron chi connectivity index (χ4n) is 5.54. The van der Waals surface area contributed by atoms with E-state index in [9.17, 15) is 5.11 Å². The number of hydrogen-bond acceptors (Lipinski definition) is 6. The van der Waals surface area contributed by atoms with Gasteiger partial charge in [0.1, 0.15) is 11.4 Å². The number of pyridine rings is 3. The van der Waals surface area contributed by atoms with Crippen LogP contribution in [0.5, 0.6) is 5.75 Å². The van der Waals surface area contributed by atoms with Gasteiger partial charge in [-0.15, -0.1) is 24.0 Å². The number of phenolic OH excluding ortho intramolecular Hbond substituents is 1. The Hall–Kier alpha value is -3.87. The smallest absolute Gasteiger partial charge is 0.119 e. The number of fused-ring (bicyclic) bond motifs is 3. The molecule has 0 aliphatic carbocycles. The Bertz CT molecular complexity index is 2150. The molecule has 0 atom stereocenters. The zero-order valence-corrected chi connectivity index (χ0v) is 31.4. The normalized spacial score (nSPS) is 11.6. The number of nitrogens with two attached hydrogens (primary N) is 1. The van der Waals surface area contributed by atoms with Gasteiger partial charge in [-0.3, -0.25) is 19.6 Å². The van der Waals surface area contributed by atoms with Crippen LogP contribution >= 0.6 is 55.8 Å². The van der Waals surface area contributed by atoms with E-state index in [4.69, 9.17) is 15.8 Å². The molecule has 7 nitrogen and oxygen atoms in total. The largest absolute Gasteiger partial charge is 0.508 e. The molecule has 8 rings (SSSR count). The average molecular weight is 864 g/mol. The zero-order chi connectivity index (χ0) is 32.2. The summed E-state index contributed by atoms with van der Waals surface area (Å²) in [5.74, 6) is 0.241. The van der Waals surface area contributed by atoms with E-state index < -0.39 is 0 Å². The summed E-state index contributed by atoms with van der Waals surface area (Å²) in [4.78, 5) is 13.4. The van der Waals surface area contributed by atoms with Crippen LogP contribution in [0.15, 0.2) is 112 Å². The second-order valence-corrected chi connectivity index (χ2v) is 12.9. The van der Waals surface area contributed by atoms with Gasteiger partial charge in [-0.25, -0.2) is 0 Å². The van der Waals surface area contributed by atoms with Gasteiger partial charge in [0, 0.05) is 61.3 Å². The highest BCUT2D eigenvalue weighted by Crippen LogP contribution is 2.40. The maximum absolute atomic E-state index is 10.0. The number of anilines is 1. The monoisotopic (exact) mass is 862 g/mol. The molecule has 3 N–H and O–H groups in total. The molecule has 238 valence electrons. The number of hydrogen-bond donors (Lipinski definition) is 2. The molecule has 0 bridgehead atoms. The lowest BCUT2D eigenvalue weighted by molar-refractivity contribution is 0.476. The van der Waals surface area contributed by atoms with Crippen molar-refractivity contribution in [3.8, 4) is 28.3 Å². The SMILES string of the molecule is Cc1cccc(-c2nn3c(c2-c2ccnc4ccc(O)cc24)CCC3)n1.Cc1ccnc2ccc(Br)cc12.I.Nc1ccc(Br)cc1. The lowest BCUT2D eigenvalue weighted by atomic mass is 9.96. The molecule has 0 spiro atoms. The molecule has 3 aromatic carbocycles. The molecular formula is C37H33Br2IN6O. The molecule has 5 heterocycles. The summed E-state index contributed by atoms with van der Waals surface area (Å²) in [5, 5.41) is 17.0. The number of rotatable bonds is 2. The number of halogens is 3. The lowest BCUT2D eigenvalue weighted by Gasteiger charge is -2.09. The number of aryl methyl sites for hydroxylation is 3. The molecule has 0 unspecified atom stereocenters. The predicted molar refractivity (Wildman–Crippen MR) is 209 cm³/mol. The minimum atomic E-state index is 0. The molecule has 0 fully saturated rings. The highest BCUT2D eigenvalue weighted by atomic mass is 127. The van der Waals surface area contributed by atoms with Crippen LogP contribution in [0.4, 0.5) is 5.69 Å². The second-order valence-electron chi connectivity index (χ2n) is 11.1. The maximum atomic E-state index is 10.0. The van der Waals surface area contributed by atoms with Gasteiger partial charge in [0.15, 0.2) is 0 Å². The third kappa shape index (κ3) is 7.99. The first-order chi connectivity index (χ1) is 22.3. The van der Waals surface area contributed by atoms with E-state index in [0.717, 1.165) is 78.6 Å². The topological polar surface area (TPSA) is 103 Å². The van der Waals surface area contributed by atoms with Gasteiger partial charge >= 0.3 is 0 Å². The van der Waals surface area contributed by atoms with E-state index >= 15 is 0 Å². The number of nitrogen functional groups attached to an aromatic ring is 1. The summed E-state index contributed by atoms with van der Waals surface area (Å²) in [7, 11) is 0. The average Bonchev–Trinajstić information content (AvgIpc) is 3.65. The number of benzene rings is 3. The Morgan fingerprint density at radius 3 is 2.23 bits per heavy atom. The molecular weight excluding hydrogens is 831 g/mol. The van der Waals surface area contributed by atoms with E-state index in [-0.39, 0.29) is 29.7 Å². The van der Waals surface area contributed by atoms with Crippen LogP contribution in [-0.2, 0) is 13.0 Å². The molecule has 0 radical (unpaired) electrons. The molecule has 0 saturated carbocycles. The fraction of sp³-hybridized carbons (Fsp3) is 0.135. The summed E-state index contributed by atoms with van der Waals surface area (Å²) in [5.41, 5.74) is 15.5. The molecule has 47 heavy (non-hydrogen) atoms. The van der Waals surface area contributed by atoms with Gasteiger partial charge < -0.3 is 10.8 Å². The standard InChI is InChI=1S/C21H18N4O.C10H8BrN.C6H6BrN.HI/c1-13-4-2-5-18(23-13)21-20(19-6-3-11-25(19)24-21)15-9-10-22-17-8-7-14(26)12-16(15)17;1-7-4-5-12-10-3-2-8(11)6-9(7)10;7-5-1-3-6(8)4-2-5;/h2,4-5,7-10,12,26H,3,6,11H2,1H3;2-6H,1H3;1-4H,8H2;1H. The van der Waals surface area contributed by atoms with Crippen molar-refractivity contribution in [1.29, 1.82) is 0 Å². The summed E-state index contributed by atoms with van der Waals surface area (Å²) >= 11 is 6.73. The molecule has 10 heteroatoms. The van der Waals surface area contributed by atoms with Crippen LogP contribution in [-0.4, -0.2) is 29.8 Å². The van der Waals surface area contributed by atoms with Crippen LogP contribution in [0.3, 0.4) is 0 Å². The summed E-state index contributed by atoms with van der Waals surface area (Å²) < 4.78 is 4.27. The van der Waals surface area contributed by atoms with Gasteiger partial charge in [0.05, 0.1) is 16.7 Å². The van der Waals surface area contributed by atoms with E-state index in [2.05, 4.69) is 59.5 Å². The van der Waals surface area contributed by atoms with Crippen molar-refractivity contribution in [1.82, 2.24) is 24.7 Å². The fourth-order valence-corrected chi connectivity index (χ4v) is 6.17. The van der Waals surface area contributed by atoms with Crippen molar-refractivity contribution in [2.45, 2.75) is 33.2 Å². The Labute approximate surface area is 307 Å². The Morgan fingerprint density at radius 2 is 1.49 bits per heavy atom. The van der Waals surface area contributed by atoms with Crippen LogP contribution < -0.4 is 5.73 Å². The van der Waals surface area contributed by atoms with Crippen molar-refractivity contribution in [2.24, 2.45) is 0 Å². The Morgan fingerprint density at radius 1 is 0.787 bits per heavy atom. The highest BCUT2D eigenvalue weighted by Gasteiger charge is 2.25. The quantitative estimate of drug-likeness (QED) is 0.133. The summed E-state index contributed by atoms with van der Waals surface area (Å²) in [6.45, 7) is 5.02. The van der Waals surface area contributed by atoms with Crippen molar-refractivity contribution in [2.75, 3.05) is 5.73 Å². The van der Waals surface area contributed by atoms with E-state index in [1.54, 1.807) is 12.1 Å². The first-order valence-corrected chi connectivity index (χ1v) is 16.5. The highest BCUT2D eigenvalue weighted by molar-refractivity contribution is 14.0. The Kier molecular flexibility index (Phi) is 11.3. The van der Waals surface area contributed by atoms with Crippen LogP contribution in [0.2, 0.25) is 0 Å². The number of nitrogens with zero attached hydrogens (tertiary/aromatic N) is 5. The van der Waals surface area contributed by atoms with E-state index in [0.29, 0.717) is 0 Å². The third-order valence-corrected chi connectivity index (χ3v) is 8.78. The number of phenols is 1. The van der Waals surface area contributed by atoms with Crippen molar-refractivity contribution in [3.63, 3.8) is 0 Å². The lowest BCUT2D eigenvalue weighted by Crippen LogP contribution is -1.95. The second kappa shape index (κ2) is 15.4. The van der Waals surface area contributed by atoms with Crippen LogP contribution in [0.25, 0.3) is 44.3 Å². The molecule has 4 aromatic heterocycles. The Balaban J connectivity index is 0.000000170. The minimum Gasteiger partial charge on any atom is -0.508 e. The van der Waals surface area contributed by atoms with Gasteiger partial charge in [0.2, 0.25) is 0 Å². The molecule has 1 aliphatic heterocycles. The van der Waals surface area contributed by atoms with Gasteiger partial charge in [-0.2, -0.15) is 5.10 Å². The molecule has 0 saturated heterocycles. The first kappa shape index (κ1) is 34.5. The molecule has 1 aliphatic rings. The van der Waals surface area contributed by atoms with E-state index in [1.165, 1.54) is 16.6 Å². The van der Waals surface area contributed by atoms with Crippen molar-refractivity contribution < 1.29 is 5.11 Å². The summed E-state index contributed by atoms with van der Waals surface area (Å²) in [6.07, 6.45) is 5.76. The zero-order valence-electron chi connectivity index (χ0n) is 25.9. The van der Waals surface area contributed by atoms with Gasteiger partial charge in [-0.05, 0) is 123 Å². The van der Waals surface area contributed by atoms with Crippen LogP contribution in [0.1, 0.15) is 23.4 Å². The van der Waals surface area contributed by atoms with Crippen LogP contribution in [0, 0.1) is 13.8 Å². The number of aromatic nitrogens is 5. The third-order valence-electron chi connectivity index (χ3n) is 7.76. The first-order valence-electron chi connectivity index (χ1n) is 14.9.